The Bertz CT molecular complexity index is 471. The molecular formula is C11H10ClF4NO. The van der Waals surface area contributed by atoms with Crippen molar-refractivity contribution in [3.8, 4) is 0 Å². The van der Waals surface area contributed by atoms with Crippen LogP contribution in [0, 0.1) is 5.82 Å². The predicted molar refractivity (Wildman–Crippen MR) is 58.8 cm³/mol. The van der Waals surface area contributed by atoms with E-state index in [2.05, 4.69) is 0 Å². The number of alkyl halides is 3. The first-order valence-electron chi connectivity index (χ1n) is 4.88. The molecule has 0 aliphatic rings. The van der Waals surface area contributed by atoms with E-state index in [-0.39, 0.29) is 10.6 Å². The molecule has 7 heteroatoms. The fraction of sp³-hybridized carbons (Fsp3) is 0.364. The van der Waals surface area contributed by atoms with E-state index < -0.39 is 29.7 Å². The first-order valence-corrected chi connectivity index (χ1v) is 5.26. The molecular weight excluding hydrogens is 274 g/mol. The zero-order valence-electron chi connectivity index (χ0n) is 9.31. The average Bonchev–Trinajstić information content (AvgIpc) is 2.20. The molecule has 0 spiro atoms. The van der Waals surface area contributed by atoms with Crippen molar-refractivity contribution in [1.82, 2.24) is 0 Å². The number of ketones is 1. The highest BCUT2D eigenvalue weighted by Gasteiger charge is 2.53. The molecule has 0 aliphatic heterocycles. The lowest BCUT2D eigenvalue weighted by molar-refractivity contribution is -0.185. The Morgan fingerprint density at radius 1 is 1.39 bits per heavy atom. The van der Waals surface area contributed by atoms with Crippen LogP contribution in [0.5, 0.6) is 0 Å². The molecule has 0 radical (unpaired) electrons. The third kappa shape index (κ3) is 3.00. The molecule has 0 bridgehead atoms. The van der Waals surface area contributed by atoms with Crippen LogP contribution < -0.4 is 5.73 Å². The van der Waals surface area contributed by atoms with Gasteiger partial charge in [0, 0.05) is 11.4 Å². The molecule has 0 amide bonds. The number of hydrogen-bond donors (Lipinski definition) is 1. The lowest BCUT2D eigenvalue weighted by atomic mass is 9.92. The van der Waals surface area contributed by atoms with Gasteiger partial charge in [0.2, 0.25) is 0 Å². The van der Waals surface area contributed by atoms with Gasteiger partial charge in [-0.1, -0.05) is 17.7 Å². The van der Waals surface area contributed by atoms with Gasteiger partial charge in [-0.2, -0.15) is 13.2 Å². The van der Waals surface area contributed by atoms with Crippen molar-refractivity contribution >= 4 is 17.4 Å². The first kappa shape index (κ1) is 14.9. The maximum absolute atomic E-state index is 12.7. The summed E-state index contributed by atoms with van der Waals surface area (Å²) < 4.78 is 50.3. The highest BCUT2D eigenvalue weighted by molar-refractivity contribution is 6.31. The van der Waals surface area contributed by atoms with Crippen LogP contribution >= 0.6 is 11.6 Å². The van der Waals surface area contributed by atoms with Crippen molar-refractivity contribution in [3.63, 3.8) is 0 Å². The molecule has 2 nitrogen and oxygen atoms in total. The summed E-state index contributed by atoms with van der Waals surface area (Å²) in [5.74, 6) is -1.87. The van der Waals surface area contributed by atoms with E-state index in [1.54, 1.807) is 0 Å². The lowest BCUT2D eigenvalue weighted by Crippen LogP contribution is -2.57. The normalized spacial score (nSPS) is 15.3. The van der Waals surface area contributed by atoms with Crippen LogP contribution in [0.2, 0.25) is 5.02 Å². The quantitative estimate of drug-likeness (QED) is 0.867. The van der Waals surface area contributed by atoms with E-state index in [1.807, 2.05) is 0 Å². The summed E-state index contributed by atoms with van der Waals surface area (Å²) in [6, 6.07) is 3.09. The number of Topliss-reactive ketones (excluding diaryl/α,β-unsaturated/α-hetero) is 1. The number of carbonyl (C=O) groups excluding carboxylic acids is 1. The molecule has 1 atom stereocenters. The van der Waals surface area contributed by atoms with Crippen LogP contribution in [-0.4, -0.2) is 17.5 Å². The SMILES string of the molecule is CC(N)(C(=O)Cc1ccc(F)cc1Cl)C(F)(F)F. The molecule has 1 aromatic carbocycles. The summed E-state index contributed by atoms with van der Waals surface area (Å²) in [5.41, 5.74) is 2.12. The van der Waals surface area contributed by atoms with Gasteiger partial charge in [0.15, 0.2) is 11.3 Å². The number of hydrogen-bond acceptors (Lipinski definition) is 2. The van der Waals surface area contributed by atoms with Gasteiger partial charge in [-0.25, -0.2) is 4.39 Å². The molecule has 0 heterocycles. The molecule has 0 saturated carbocycles. The summed E-state index contributed by atoms with van der Waals surface area (Å²) in [6.45, 7) is 0.590. The summed E-state index contributed by atoms with van der Waals surface area (Å²) in [5, 5.41) is -0.110. The van der Waals surface area contributed by atoms with Crippen molar-refractivity contribution in [2.45, 2.75) is 25.1 Å². The van der Waals surface area contributed by atoms with Crippen LogP contribution in [0.25, 0.3) is 0 Å². The largest absolute Gasteiger partial charge is 0.413 e. The third-order valence-electron chi connectivity index (χ3n) is 2.53. The van der Waals surface area contributed by atoms with Crippen molar-refractivity contribution in [2.24, 2.45) is 5.73 Å². The fourth-order valence-electron chi connectivity index (χ4n) is 1.18. The van der Waals surface area contributed by atoms with E-state index in [0.717, 1.165) is 18.2 Å². The van der Waals surface area contributed by atoms with Gasteiger partial charge < -0.3 is 5.73 Å². The fourth-order valence-corrected chi connectivity index (χ4v) is 1.41. The van der Waals surface area contributed by atoms with Crippen molar-refractivity contribution in [3.05, 3.63) is 34.6 Å². The minimum absolute atomic E-state index is 0.101. The summed E-state index contributed by atoms with van der Waals surface area (Å²) >= 11 is 5.62. The Morgan fingerprint density at radius 2 is 1.94 bits per heavy atom. The van der Waals surface area contributed by atoms with Crippen molar-refractivity contribution in [1.29, 1.82) is 0 Å². The Labute approximate surface area is 106 Å². The standard InChI is InChI=1S/C11H10ClF4NO/c1-10(17,11(14,15)16)9(18)4-6-2-3-7(13)5-8(6)12/h2-3,5H,4,17H2,1H3. The Morgan fingerprint density at radius 3 is 2.39 bits per heavy atom. The van der Waals surface area contributed by atoms with E-state index in [1.165, 1.54) is 0 Å². The maximum Gasteiger partial charge on any atom is 0.413 e. The molecule has 0 fully saturated rings. The van der Waals surface area contributed by atoms with Gasteiger partial charge in [-0.05, 0) is 24.6 Å². The zero-order chi connectivity index (χ0) is 14.1. The number of nitrogens with two attached hydrogens (primary N) is 1. The molecule has 100 valence electrons. The molecule has 18 heavy (non-hydrogen) atoms. The zero-order valence-corrected chi connectivity index (χ0v) is 10.1. The van der Waals surface area contributed by atoms with Gasteiger partial charge in [0.05, 0.1) is 0 Å². The van der Waals surface area contributed by atoms with Crippen molar-refractivity contribution in [2.75, 3.05) is 0 Å². The minimum Gasteiger partial charge on any atom is -0.312 e. The minimum atomic E-state index is -4.85. The second kappa shape index (κ2) is 4.85. The molecule has 1 aromatic rings. The van der Waals surface area contributed by atoms with Crippen LogP contribution in [0.1, 0.15) is 12.5 Å². The van der Waals surface area contributed by atoms with Crippen LogP contribution in [0.4, 0.5) is 17.6 Å². The molecule has 1 unspecified atom stereocenters. The van der Waals surface area contributed by atoms with Crippen LogP contribution in [0.15, 0.2) is 18.2 Å². The van der Waals surface area contributed by atoms with Crippen LogP contribution in [-0.2, 0) is 11.2 Å². The van der Waals surface area contributed by atoms with Gasteiger partial charge >= 0.3 is 6.18 Å². The van der Waals surface area contributed by atoms with E-state index in [4.69, 9.17) is 17.3 Å². The Balaban J connectivity index is 2.95. The maximum atomic E-state index is 12.7. The number of benzene rings is 1. The van der Waals surface area contributed by atoms with Crippen LogP contribution in [0.3, 0.4) is 0 Å². The summed E-state index contributed by atoms with van der Waals surface area (Å²) in [4.78, 5) is 11.5. The topological polar surface area (TPSA) is 43.1 Å². The second-order valence-corrected chi connectivity index (χ2v) is 4.44. The monoisotopic (exact) mass is 283 g/mol. The van der Waals surface area contributed by atoms with Gasteiger partial charge in [-0.15, -0.1) is 0 Å². The smallest absolute Gasteiger partial charge is 0.312 e. The second-order valence-electron chi connectivity index (χ2n) is 4.04. The molecule has 0 aromatic heterocycles. The van der Waals surface area contributed by atoms with E-state index >= 15 is 0 Å². The van der Waals surface area contributed by atoms with E-state index in [9.17, 15) is 22.4 Å². The Hall–Kier alpha value is -1.14. The van der Waals surface area contributed by atoms with Crippen molar-refractivity contribution < 1.29 is 22.4 Å². The summed E-state index contributed by atoms with van der Waals surface area (Å²) in [6.07, 6.45) is -5.46. The molecule has 0 aliphatic carbocycles. The molecule has 0 saturated heterocycles. The van der Waals surface area contributed by atoms with Gasteiger partial charge in [0.1, 0.15) is 5.82 Å². The molecule has 1 rings (SSSR count). The van der Waals surface area contributed by atoms with Gasteiger partial charge in [-0.3, -0.25) is 4.79 Å². The van der Waals surface area contributed by atoms with Gasteiger partial charge in [0.25, 0.3) is 0 Å². The highest BCUT2D eigenvalue weighted by atomic mass is 35.5. The summed E-state index contributed by atoms with van der Waals surface area (Å²) in [7, 11) is 0. The molecule has 2 N–H and O–H groups in total. The third-order valence-corrected chi connectivity index (χ3v) is 2.89. The highest BCUT2D eigenvalue weighted by Crippen LogP contribution is 2.30. The Kier molecular flexibility index (Phi) is 4.02. The average molecular weight is 284 g/mol. The predicted octanol–water partition coefficient (Wildman–Crippen LogP) is 2.87. The number of halogens is 5. The first-order chi connectivity index (χ1) is 8.05. The lowest BCUT2D eigenvalue weighted by Gasteiger charge is -2.26. The number of carbonyl (C=O) groups is 1. The number of rotatable bonds is 3. The van der Waals surface area contributed by atoms with E-state index in [0.29, 0.717) is 6.92 Å².